The molecule has 41 heavy (non-hydrogen) atoms. The standard InChI is InChI=1S/C32H36N4O4S/c1-2-21-23-16-20(40-32(39)35-14-10-19(11-15-35)34-12-4-3-5-13-34)6-8-26(23)33-29-25(21)18-36-27(29)17-24-22(31(36)38)7-9-28(37)30(24)41/h6,8,16-17,19,30,41H,2-5,7,9-15,18H2,1H3. The van der Waals surface area contributed by atoms with Crippen molar-refractivity contribution in [1.29, 1.82) is 0 Å². The Hall–Kier alpha value is -3.17. The van der Waals surface area contributed by atoms with E-state index in [-0.39, 0.29) is 17.4 Å². The minimum Gasteiger partial charge on any atom is -0.410 e. The number of benzene rings is 1. The van der Waals surface area contributed by atoms with Crippen molar-refractivity contribution < 1.29 is 14.3 Å². The van der Waals surface area contributed by atoms with Crippen molar-refractivity contribution in [2.75, 3.05) is 26.2 Å². The summed E-state index contributed by atoms with van der Waals surface area (Å²) in [4.78, 5) is 48.3. The largest absolute Gasteiger partial charge is 0.415 e. The molecule has 1 unspecified atom stereocenters. The van der Waals surface area contributed by atoms with Gasteiger partial charge in [-0.3, -0.25) is 9.59 Å². The van der Waals surface area contributed by atoms with Gasteiger partial charge in [0.2, 0.25) is 0 Å². The molecule has 1 aliphatic carbocycles. The summed E-state index contributed by atoms with van der Waals surface area (Å²) in [5, 5.41) is 0.369. The van der Waals surface area contributed by atoms with E-state index in [1.807, 2.05) is 23.1 Å². The van der Waals surface area contributed by atoms with E-state index < -0.39 is 5.25 Å². The van der Waals surface area contributed by atoms with Gasteiger partial charge in [0.1, 0.15) is 11.5 Å². The molecule has 0 saturated carbocycles. The molecule has 9 heteroatoms. The number of rotatable bonds is 3. The third-order valence-electron chi connectivity index (χ3n) is 9.58. The normalized spacial score (nSPS) is 21.1. The van der Waals surface area contributed by atoms with E-state index in [0.717, 1.165) is 71.3 Å². The van der Waals surface area contributed by atoms with E-state index in [2.05, 4.69) is 24.5 Å². The van der Waals surface area contributed by atoms with Crippen LogP contribution in [0.2, 0.25) is 0 Å². The van der Waals surface area contributed by atoms with Gasteiger partial charge in [0, 0.05) is 42.1 Å². The minimum atomic E-state index is -0.569. The smallest absolute Gasteiger partial charge is 0.410 e. The second kappa shape index (κ2) is 10.6. The van der Waals surface area contributed by atoms with Crippen molar-refractivity contribution in [3.8, 4) is 17.1 Å². The van der Waals surface area contributed by atoms with E-state index in [4.69, 9.17) is 9.72 Å². The zero-order chi connectivity index (χ0) is 28.2. The van der Waals surface area contributed by atoms with E-state index in [1.54, 1.807) is 10.6 Å². The van der Waals surface area contributed by atoms with Gasteiger partial charge in [0.25, 0.3) is 5.56 Å². The van der Waals surface area contributed by atoms with Gasteiger partial charge >= 0.3 is 6.09 Å². The number of aryl methyl sites for hydroxylation is 1. The van der Waals surface area contributed by atoms with Crippen LogP contribution in [0.4, 0.5) is 4.79 Å². The lowest BCUT2D eigenvalue weighted by atomic mass is 9.90. The lowest BCUT2D eigenvalue weighted by Gasteiger charge is -2.39. The van der Waals surface area contributed by atoms with Crippen LogP contribution >= 0.6 is 12.6 Å². The van der Waals surface area contributed by atoms with E-state index in [1.165, 1.54) is 32.4 Å². The summed E-state index contributed by atoms with van der Waals surface area (Å²) in [6, 6.07) is 8.13. The van der Waals surface area contributed by atoms with E-state index >= 15 is 0 Å². The van der Waals surface area contributed by atoms with Crippen LogP contribution in [-0.2, 0) is 24.2 Å². The summed E-state index contributed by atoms with van der Waals surface area (Å²) in [5.41, 5.74) is 5.81. The van der Waals surface area contributed by atoms with E-state index in [9.17, 15) is 14.4 Å². The van der Waals surface area contributed by atoms with Crippen LogP contribution in [0.3, 0.4) is 0 Å². The fraction of sp³-hybridized carbons (Fsp3) is 0.500. The third-order valence-corrected chi connectivity index (χ3v) is 10.1. The molecular formula is C32H36N4O4S. The Morgan fingerprint density at radius 3 is 2.56 bits per heavy atom. The van der Waals surface area contributed by atoms with Gasteiger partial charge < -0.3 is 19.1 Å². The van der Waals surface area contributed by atoms with Crippen molar-refractivity contribution in [2.45, 2.75) is 76.1 Å². The van der Waals surface area contributed by atoms with Crippen LogP contribution in [0, 0.1) is 0 Å². The average Bonchev–Trinajstić information content (AvgIpc) is 3.37. The van der Waals surface area contributed by atoms with Gasteiger partial charge in [0.15, 0.2) is 0 Å². The Bertz CT molecular complexity index is 1620. The first-order valence-electron chi connectivity index (χ1n) is 15.1. The molecule has 0 bridgehead atoms. The van der Waals surface area contributed by atoms with Gasteiger partial charge in [-0.1, -0.05) is 13.3 Å². The number of piperidine rings is 2. The number of ketones is 1. The fourth-order valence-electron chi connectivity index (χ4n) is 7.33. The number of carbonyl (C=O) groups is 2. The molecule has 5 heterocycles. The van der Waals surface area contributed by atoms with Crippen LogP contribution in [0.1, 0.15) is 73.0 Å². The first-order valence-corrected chi connectivity index (χ1v) is 15.6. The highest BCUT2D eigenvalue weighted by atomic mass is 32.1. The number of aromatic nitrogens is 2. The third kappa shape index (κ3) is 4.57. The lowest BCUT2D eigenvalue weighted by molar-refractivity contribution is -0.119. The molecule has 4 aliphatic rings. The summed E-state index contributed by atoms with van der Waals surface area (Å²) in [5.74, 6) is 0.564. The highest BCUT2D eigenvalue weighted by molar-refractivity contribution is 7.81. The number of carbonyl (C=O) groups excluding carboxylic acids is 2. The second-order valence-electron chi connectivity index (χ2n) is 11.9. The molecule has 7 rings (SSSR count). The molecule has 8 nitrogen and oxygen atoms in total. The van der Waals surface area contributed by atoms with Gasteiger partial charge in [-0.2, -0.15) is 12.6 Å². The van der Waals surface area contributed by atoms with Crippen LogP contribution in [-0.4, -0.2) is 63.4 Å². The summed E-state index contributed by atoms with van der Waals surface area (Å²) >= 11 is 4.53. The molecular weight excluding hydrogens is 536 g/mol. The summed E-state index contributed by atoms with van der Waals surface area (Å²) in [7, 11) is 0. The molecule has 0 N–H and O–H groups in total. The number of ether oxygens (including phenoxy) is 1. The summed E-state index contributed by atoms with van der Waals surface area (Å²) in [6.07, 6.45) is 7.14. The number of amides is 1. The first-order chi connectivity index (χ1) is 19.9. The Labute approximate surface area is 245 Å². The molecule has 0 spiro atoms. The van der Waals surface area contributed by atoms with E-state index in [0.29, 0.717) is 36.7 Å². The molecule has 2 saturated heterocycles. The molecule has 2 fully saturated rings. The van der Waals surface area contributed by atoms with Crippen LogP contribution in [0.5, 0.6) is 5.75 Å². The second-order valence-corrected chi connectivity index (χ2v) is 12.4. The molecule has 1 amide bonds. The average molecular weight is 573 g/mol. The van der Waals surface area contributed by atoms with Gasteiger partial charge in [-0.05, 0) is 87.0 Å². The Morgan fingerprint density at radius 1 is 1.02 bits per heavy atom. The van der Waals surface area contributed by atoms with Crippen LogP contribution in [0.25, 0.3) is 22.3 Å². The molecule has 0 radical (unpaired) electrons. The quantitative estimate of drug-likeness (QED) is 0.351. The molecule has 1 atom stereocenters. The first kappa shape index (κ1) is 26.7. The van der Waals surface area contributed by atoms with Crippen LogP contribution < -0.4 is 10.3 Å². The zero-order valence-electron chi connectivity index (χ0n) is 23.5. The number of hydrogen-bond donors (Lipinski definition) is 1. The van der Waals surface area contributed by atoms with Crippen molar-refractivity contribution in [3.63, 3.8) is 0 Å². The Kier molecular flexibility index (Phi) is 6.90. The summed E-state index contributed by atoms with van der Waals surface area (Å²) in [6.45, 7) is 6.35. The number of pyridine rings is 2. The van der Waals surface area contributed by atoms with Gasteiger partial charge in [0.05, 0.1) is 28.7 Å². The van der Waals surface area contributed by atoms with Crippen LogP contribution in [0.15, 0.2) is 29.1 Å². The maximum absolute atomic E-state index is 13.5. The topological polar surface area (TPSA) is 84.7 Å². The fourth-order valence-corrected chi connectivity index (χ4v) is 7.69. The Morgan fingerprint density at radius 2 is 1.80 bits per heavy atom. The predicted octanol–water partition coefficient (Wildman–Crippen LogP) is 4.92. The van der Waals surface area contributed by atoms with Crippen molar-refractivity contribution in [2.24, 2.45) is 0 Å². The summed E-state index contributed by atoms with van der Waals surface area (Å²) < 4.78 is 7.67. The molecule has 1 aromatic carbocycles. The number of nitrogens with zero attached hydrogens (tertiary/aromatic N) is 4. The van der Waals surface area contributed by atoms with Crippen molar-refractivity contribution in [3.05, 3.63) is 56.9 Å². The molecule has 3 aromatic rings. The van der Waals surface area contributed by atoms with Gasteiger partial charge in [-0.25, -0.2) is 9.78 Å². The molecule has 3 aliphatic heterocycles. The van der Waals surface area contributed by atoms with Crippen molar-refractivity contribution >= 4 is 35.4 Å². The monoisotopic (exact) mass is 572 g/mol. The SMILES string of the molecule is CCc1c2c(nc3ccc(OC(=O)N4CCC(N5CCCCC5)CC4)cc13)-c1cc3c(c(=O)n1C2)CCC(=O)C3S. The Balaban J connectivity index is 1.14. The van der Waals surface area contributed by atoms with Crippen molar-refractivity contribution in [1.82, 2.24) is 19.4 Å². The number of Topliss-reactive ketones (excluding diaryl/α,β-unsaturated/α-hetero) is 1. The molecule has 214 valence electrons. The maximum atomic E-state index is 13.5. The number of likely N-dealkylation sites (tertiary alicyclic amines) is 2. The zero-order valence-corrected chi connectivity index (χ0v) is 24.4. The number of hydrogen-bond acceptors (Lipinski definition) is 7. The molecule has 2 aromatic heterocycles. The minimum absolute atomic E-state index is 0.0492. The lowest BCUT2D eigenvalue weighted by Crippen LogP contribution is -2.48. The number of fused-ring (bicyclic) bond motifs is 5. The highest BCUT2D eigenvalue weighted by Crippen LogP contribution is 2.40. The predicted molar refractivity (Wildman–Crippen MR) is 161 cm³/mol. The number of thiol groups is 1. The highest BCUT2D eigenvalue weighted by Gasteiger charge is 2.33. The van der Waals surface area contributed by atoms with Gasteiger partial charge in [-0.15, -0.1) is 0 Å². The maximum Gasteiger partial charge on any atom is 0.415 e.